The zero-order valence-electron chi connectivity index (χ0n) is 14.7. The van der Waals surface area contributed by atoms with Gasteiger partial charge in [0.05, 0.1) is 19.4 Å². The van der Waals surface area contributed by atoms with Gasteiger partial charge in [0, 0.05) is 0 Å². The Morgan fingerprint density at radius 2 is 1.96 bits per heavy atom. The third-order valence-electron chi connectivity index (χ3n) is 3.98. The summed E-state index contributed by atoms with van der Waals surface area (Å²) in [7, 11) is 1.28. The molecule has 0 unspecified atom stereocenters. The van der Waals surface area contributed by atoms with Crippen LogP contribution in [0.15, 0.2) is 35.4 Å². The molecule has 0 radical (unpaired) electrons. The van der Waals surface area contributed by atoms with Crippen LogP contribution in [0, 0.1) is 0 Å². The van der Waals surface area contributed by atoms with Gasteiger partial charge < -0.3 is 9.47 Å². The van der Waals surface area contributed by atoms with Gasteiger partial charge in [-0.25, -0.2) is 9.78 Å². The summed E-state index contributed by atoms with van der Waals surface area (Å²) in [5, 5.41) is 7.98. The molecule has 0 N–H and O–H groups in total. The molecule has 2 heterocycles. The van der Waals surface area contributed by atoms with Crippen LogP contribution in [0.5, 0.6) is 5.75 Å². The van der Waals surface area contributed by atoms with E-state index in [-0.39, 0.29) is 5.52 Å². The highest BCUT2D eigenvalue weighted by Gasteiger charge is 2.23. The molecule has 0 aliphatic heterocycles. The fourth-order valence-electron chi connectivity index (χ4n) is 2.68. The van der Waals surface area contributed by atoms with E-state index in [0.717, 1.165) is 5.75 Å². The molecule has 2 aromatic heterocycles. The van der Waals surface area contributed by atoms with Crippen molar-refractivity contribution in [2.45, 2.75) is 26.3 Å². The van der Waals surface area contributed by atoms with Crippen molar-refractivity contribution in [1.29, 1.82) is 0 Å². The van der Waals surface area contributed by atoms with E-state index in [1.165, 1.54) is 22.7 Å². The second-order valence-corrected chi connectivity index (χ2v) is 5.50. The molecule has 0 aliphatic rings. The van der Waals surface area contributed by atoms with E-state index < -0.39 is 17.6 Å². The summed E-state index contributed by atoms with van der Waals surface area (Å²) >= 11 is 0. The minimum atomic E-state index is -0.750. The SMILES string of the molecule is CCOc1ccc(-n2nnc3c(=O)n([C@@H](CC)C(=O)OC)cnc32)cc1. The maximum absolute atomic E-state index is 12.7. The van der Waals surface area contributed by atoms with Gasteiger partial charge in [-0.05, 0) is 37.6 Å². The van der Waals surface area contributed by atoms with Crippen LogP contribution in [0.25, 0.3) is 16.9 Å². The Balaban J connectivity index is 2.05. The molecule has 1 atom stereocenters. The zero-order valence-corrected chi connectivity index (χ0v) is 14.7. The Labute approximate surface area is 149 Å². The minimum Gasteiger partial charge on any atom is -0.494 e. The Morgan fingerprint density at radius 1 is 1.23 bits per heavy atom. The molecule has 0 aliphatic carbocycles. The first-order valence-electron chi connectivity index (χ1n) is 8.24. The van der Waals surface area contributed by atoms with Gasteiger partial charge >= 0.3 is 5.97 Å². The Morgan fingerprint density at radius 3 is 2.58 bits per heavy atom. The highest BCUT2D eigenvalue weighted by atomic mass is 16.5. The number of aromatic nitrogens is 5. The van der Waals surface area contributed by atoms with Gasteiger partial charge in [-0.2, -0.15) is 4.68 Å². The Hall–Kier alpha value is -3.23. The maximum atomic E-state index is 12.7. The van der Waals surface area contributed by atoms with Crippen LogP contribution < -0.4 is 10.3 Å². The fraction of sp³-hybridized carbons (Fsp3) is 0.353. The van der Waals surface area contributed by atoms with Crippen molar-refractivity contribution in [2.24, 2.45) is 0 Å². The number of nitrogens with zero attached hydrogens (tertiary/aromatic N) is 5. The molecule has 0 saturated heterocycles. The molecule has 3 rings (SSSR count). The first-order valence-corrected chi connectivity index (χ1v) is 8.24. The van der Waals surface area contributed by atoms with Crippen molar-refractivity contribution in [3.63, 3.8) is 0 Å². The van der Waals surface area contributed by atoms with Crippen molar-refractivity contribution in [2.75, 3.05) is 13.7 Å². The van der Waals surface area contributed by atoms with Gasteiger partial charge in [0.2, 0.25) is 0 Å². The summed E-state index contributed by atoms with van der Waals surface area (Å²) in [5.74, 6) is 0.231. The molecule has 0 bridgehead atoms. The van der Waals surface area contributed by atoms with Crippen LogP contribution in [0.2, 0.25) is 0 Å². The average Bonchev–Trinajstić information content (AvgIpc) is 3.09. The molecule has 9 nitrogen and oxygen atoms in total. The summed E-state index contributed by atoms with van der Waals surface area (Å²) in [4.78, 5) is 28.9. The predicted molar refractivity (Wildman–Crippen MR) is 93.4 cm³/mol. The minimum absolute atomic E-state index is 0.0868. The number of ether oxygens (including phenoxy) is 2. The van der Waals surface area contributed by atoms with Crippen LogP contribution in [-0.4, -0.2) is 44.2 Å². The molecule has 136 valence electrons. The van der Waals surface area contributed by atoms with Gasteiger partial charge in [0.1, 0.15) is 18.1 Å². The first-order chi connectivity index (χ1) is 12.6. The van der Waals surface area contributed by atoms with Crippen molar-refractivity contribution in [3.8, 4) is 11.4 Å². The lowest BCUT2D eigenvalue weighted by Crippen LogP contribution is -2.30. The molecule has 0 spiro atoms. The van der Waals surface area contributed by atoms with E-state index in [0.29, 0.717) is 24.4 Å². The topological polar surface area (TPSA) is 101 Å². The standard InChI is InChI=1S/C17H19N5O4/c1-4-13(17(24)25-3)21-10-18-15-14(16(21)23)19-20-22(15)11-6-8-12(9-7-11)26-5-2/h6-10,13H,4-5H2,1-3H3/t13-/m0/s1. The summed E-state index contributed by atoms with van der Waals surface area (Å²) in [6, 6.07) is 6.46. The molecule has 1 aromatic carbocycles. The number of methoxy groups -OCH3 is 1. The van der Waals surface area contributed by atoms with Crippen LogP contribution >= 0.6 is 0 Å². The Kier molecular flexibility index (Phi) is 4.97. The van der Waals surface area contributed by atoms with Crippen LogP contribution in [0.3, 0.4) is 0 Å². The van der Waals surface area contributed by atoms with Crippen LogP contribution in [0.4, 0.5) is 0 Å². The monoisotopic (exact) mass is 357 g/mol. The second kappa shape index (κ2) is 7.34. The molecule has 0 amide bonds. The van der Waals surface area contributed by atoms with E-state index >= 15 is 0 Å². The van der Waals surface area contributed by atoms with Gasteiger partial charge in [-0.3, -0.25) is 9.36 Å². The van der Waals surface area contributed by atoms with E-state index in [9.17, 15) is 9.59 Å². The number of carbonyl (C=O) groups is 1. The molecule has 9 heteroatoms. The Bertz CT molecular complexity index is 977. The van der Waals surface area contributed by atoms with Crippen molar-refractivity contribution < 1.29 is 14.3 Å². The number of benzene rings is 1. The highest BCUT2D eigenvalue weighted by molar-refractivity contribution is 5.75. The number of hydrogen-bond acceptors (Lipinski definition) is 7. The lowest BCUT2D eigenvalue weighted by molar-refractivity contribution is -0.144. The molecular formula is C17H19N5O4. The van der Waals surface area contributed by atoms with E-state index in [2.05, 4.69) is 15.3 Å². The zero-order chi connectivity index (χ0) is 18.7. The van der Waals surface area contributed by atoms with Gasteiger partial charge in [0.15, 0.2) is 11.2 Å². The second-order valence-electron chi connectivity index (χ2n) is 5.50. The van der Waals surface area contributed by atoms with Crippen molar-refractivity contribution >= 4 is 17.1 Å². The third kappa shape index (κ3) is 3.03. The lowest BCUT2D eigenvalue weighted by Gasteiger charge is -2.14. The summed E-state index contributed by atoms with van der Waals surface area (Å²) in [5.41, 5.74) is 0.656. The molecular weight excluding hydrogens is 338 g/mol. The van der Waals surface area contributed by atoms with E-state index in [4.69, 9.17) is 9.47 Å². The number of carbonyl (C=O) groups excluding carboxylic acids is 1. The molecule has 0 saturated carbocycles. The summed E-state index contributed by atoms with van der Waals surface area (Å²) in [6.07, 6.45) is 1.72. The smallest absolute Gasteiger partial charge is 0.329 e. The highest BCUT2D eigenvalue weighted by Crippen LogP contribution is 2.18. The maximum Gasteiger partial charge on any atom is 0.329 e. The average molecular weight is 357 g/mol. The van der Waals surface area contributed by atoms with Crippen LogP contribution in [-0.2, 0) is 9.53 Å². The van der Waals surface area contributed by atoms with E-state index in [1.807, 2.05) is 6.92 Å². The van der Waals surface area contributed by atoms with Gasteiger partial charge in [-0.1, -0.05) is 12.1 Å². The molecule has 3 aromatic rings. The quantitative estimate of drug-likeness (QED) is 0.616. The normalized spacial score (nSPS) is 12.1. The molecule has 26 heavy (non-hydrogen) atoms. The van der Waals surface area contributed by atoms with E-state index in [1.54, 1.807) is 31.2 Å². The predicted octanol–water partition coefficient (Wildman–Crippen LogP) is 1.50. The third-order valence-corrected chi connectivity index (χ3v) is 3.98. The van der Waals surface area contributed by atoms with Crippen molar-refractivity contribution in [3.05, 3.63) is 40.9 Å². The molecule has 0 fully saturated rings. The number of fused-ring (bicyclic) bond motifs is 1. The van der Waals surface area contributed by atoms with Gasteiger partial charge in [-0.15, -0.1) is 5.10 Å². The number of esters is 1. The number of hydrogen-bond donors (Lipinski definition) is 0. The lowest BCUT2D eigenvalue weighted by atomic mass is 10.2. The number of rotatable bonds is 6. The first kappa shape index (κ1) is 17.6. The summed E-state index contributed by atoms with van der Waals surface area (Å²) < 4.78 is 12.9. The van der Waals surface area contributed by atoms with Crippen LogP contribution in [0.1, 0.15) is 26.3 Å². The summed E-state index contributed by atoms with van der Waals surface area (Å²) in [6.45, 7) is 4.27. The van der Waals surface area contributed by atoms with Crippen molar-refractivity contribution in [1.82, 2.24) is 24.5 Å². The fourth-order valence-corrected chi connectivity index (χ4v) is 2.68. The largest absolute Gasteiger partial charge is 0.494 e. The van der Waals surface area contributed by atoms with Gasteiger partial charge in [0.25, 0.3) is 5.56 Å².